The lowest BCUT2D eigenvalue weighted by molar-refractivity contribution is -0.137. The third-order valence-corrected chi connectivity index (χ3v) is 6.70. The third kappa shape index (κ3) is 3.21. The van der Waals surface area contributed by atoms with Gasteiger partial charge in [0.15, 0.2) is 5.13 Å². The van der Waals surface area contributed by atoms with Crippen molar-refractivity contribution in [3.8, 4) is 0 Å². The molecular formula is C18H25N3O2S. The number of anilines is 1. The average Bonchev–Trinajstić information content (AvgIpc) is 2.94. The Morgan fingerprint density at radius 2 is 1.79 bits per heavy atom. The fraction of sp³-hybridized carbons (Fsp3) is 0.722. The average molecular weight is 347 g/mol. The maximum atomic E-state index is 12.7. The second-order valence-corrected chi connectivity index (χ2v) is 8.43. The Balaban J connectivity index is 1.39. The van der Waals surface area contributed by atoms with E-state index in [4.69, 9.17) is 0 Å². The number of thiazole rings is 1. The summed E-state index contributed by atoms with van der Waals surface area (Å²) in [7, 11) is 0. The first kappa shape index (κ1) is 16.1. The molecule has 0 radical (unpaired) electrons. The lowest BCUT2D eigenvalue weighted by Crippen LogP contribution is -2.40. The third-order valence-electron chi connectivity index (χ3n) is 5.70. The van der Waals surface area contributed by atoms with Gasteiger partial charge in [-0.1, -0.05) is 37.0 Å². The Bertz CT molecular complexity index is 632. The first-order valence-electron chi connectivity index (χ1n) is 9.29. The predicted molar refractivity (Wildman–Crippen MR) is 93.8 cm³/mol. The van der Waals surface area contributed by atoms with E-state index >= 15 is 0 Å². The second-order valence-electron chi connectivity index (χ2n) is 7.35. The summed E-state index contributed by atoms with van der Waals surface area (Å²) in [5.41, 5.74) is 1.07. The van der Waals surface area contributed by atoms with E-state index in [1.165, 1.54) is 19.3 Å². The highest BCUT2D eigenvalue weighted by Gasteiger charge is 2.31. The Morgan fingerprint density at radius 1 is 1.04 bits per heavy atom. The van der Waals surface area contributed by atoms with Gasteiger partial charge >= 0.3 is 0 Å². The minimum atomic E-state index is 0.113. The van der Waals surface area contributed by atoms with Crippen molar-refractivity contribution in [2.75, 3.05) is 11.9 Å². The fourth-order valence-electron chi connectivity index (χ4n) is 3.92. The number of nitrogens with one attached hydrogen (secondary N) is 1. The summed E-state index contributed by atoms with van der Waals surface area (Å²) in [6.07, 6.45) is 9.71. The summed E-state index contributed by atoms with van der Waals surface area (Å²) in [6, 6.07) is 0. The largest absolute Gasteiger partial charge is 0.337 e. The Morgan fingerprint density at radius 3 is 2.50 bits per heavy atom. The molecule has 4 rings (SSSR count). The van der Waals surface area contributed by atoms with Gasteiger partial charge in [0.25, 0.3) is 0 Å². The van der Waals surface area contributed by atoms with E-state index < -0.39 is 0 Å². The van der Waals surface area contributed by atoms with Gasteiger partial charge in [0.2, 0.25) is 11.8 Å². The summed E-state index contributed by atoms with van der Waals surface area (Å²) in [5.74, 6) is 0.845. The molecule has 0 bridgehead atoms. The molecule has 2 saturated carbocycles. The molecule has 2 fully saturated rings. The zero-order chi connectivity index (χ0) is 16.5. The maximum absolute atomic E-state index is 12.7. The maximum Gasteiger partial charge on any atom is 0.229 e. The zero-order valence-corrected chi connectivity index (χ0v) is 14.9. The molecule has 2 heterocycles. The highest BCUT2D eigenvalue weighted by molar-refractivity contribution is 7.15. The van der Waals surface area contributed by atoms with Gasteiger partial charge in [0.05, 0.1) is 12.2 Å². The van der Waals surface area contributed by atoms with Crippen LogP contribution in [0.15, 0.2) is 0 Å². The van der Waals surface area contributed by atoms with E-state index in [-0.39, 0.29) is 17.7 Å². The summed E-state index contributed by atoms with van der Waals surface area (Å²) >= 11 is 1.55. The van der Waals surface area contributed by atoms with Crippen LogP contribution < -0.4 is 5.32 Å². The van der Waals surface area contributed by atoms with Crippen molar-refractivity contribution in [3.63, 3.8) is 0 Å². The van der Waals surface area contributed by atoms with Crippen molar-refractivity contribution in [2.24, 2.45) is 11.8 Å². The van der Waals surface area contributed by atoms with E-state index in [1.54, 1.807) is 11.3 Å². The Hall–Kier alpha value is -1.43. The normalized spacial score (nSPS) is 21.9. The van der Waals surface area contributed by atoms with Crippen molar-refractivity contribution in [2.45, 2.75) is 64.3 Å². The Kier molecular flexibility index (Phi) is 4.57. The first-order chi connectivity index (χ1) is 11.7. The molecule has 1 aliphatic heterocycles. The summed E-state index contributed by atoms with van der Waals surface area (Å²) in [5, 5.41) is 3.69. The molecular weight excluding hydrogens is 322 g/mol. The van der Waals surface area contributed by atoms with Crippen molar-refractivity contribution < 1.29 is 9.59 Å². The number of aromatic nitrogens is 1. The molecule has 1 aromatic rings. The molecule has 130 valence electrons. The SMILES string of the molecule is O=C(Nc1nc2c(s1)CN(C(=O)C1CCCCC1)CC2)C1CCC1. The smallest absolute Gasteiger partial charge is 0.229 e. The van der Waals surface area contributed by atoms with E-state index in [0.717, 1.165) is 55.6 Å². The van der Waals surface area contributed by atoms with E-state index in [9.17, 15) is 9.59 Å². The topological polar surface area (TPSA) is 62.3 Å². The number of fused-ring (bicyclic) bond motifs is 1. The monoisotopic (exact) mass is 347 g/mol. The fourth-order valence-corrected chi connectivity index (χ4v) is 4.95. The van der Waals surface area contributed by atoms with Crippen LogP contribution in [-0.2, 0) is 22.6 Å². The molecule has 5 nitrogen and oxygen atoms in total. The lowest BCUT2D eigenvalue weighted by Gasteiger charge is -2.31. The van der Waals surface area contributed by atoms with Gasteiger partial charge in [0, 0.05) is 29.7 Å². The molecule has 2 aliphatic carbocycles. The van der Waals surface area contributed by atoms with Crippen LogP contribution in [-0.4, -0.2) is 28.2 Å². The number of carbonyl (C=O) groups excluding carboxylic acids is 2. The van der Waals surface area contributed by atoms with Crippen LogP contribution in [0, 0.1) is 11.8 Å². The first-order valence-corrected chi connectivity index (χ1v) is 10.1. The summed E-state index contributed by atoms with van der Waals surface area (Å²) < 4.78 is 0. The van der Waals surface area contributed by atoms with E-state index in [1.807, 2.05) is 4.90 Å². The minimum absolute atomic E-state index is 0.113. The molecule has 0 aromatic carbocycles. The van der Waals surface area contributed by atoms with Gasteiger partial charge < -0.3 is 10.2 Å². The number of hydrogen-bond donors (Lipinski definition) is 1. The summed E-state index contributed by atoms with van der Waals surface area (Å²) in [4.78, 5) is 32.5. The molecule has 0 saturated heterocycles. The lowest BCUT2D eigenvalue weighted by atomic mass is 9.85. The van der Waals surface area contributed by atoms with Crippen LogP contribution in [0.2, 0.25) is 0 Å². The quantitative estimate of drug-likeness (QED) is 0.912. The second kappa shape index (κ2) is 6.82. The highest BCUT2D eigenvalue weighted by atomic mass is 32.1. The molecule has 0 unspecified atom stereocenters. The molecule has 24 heavy (non-hydrogen) atoms. The van der Waals surface area contributed by atoms with Gasteiger partial charge in [-0.15, -0.1) is 0 Å². The number of amides is 2. The molecule has 2 amide bonds. The zero-order valence-electron chi connectivity index (χ0n) is 14.1. The van der Waals surface area contributed by atoms with Crippen LogP contribution in [0.25, 0.3) is 0 Å². The van der Waals surface area contributed by atoms with Gasteiger partial charge in [0.1, 0.15) is 0 Å². The van der Waals surface area contributed by atoms with Crippen LogP contribution in [0.5, 0.6) is 0 Å². The van der Waals surface area contributed by atoms with Crippen LogP contribution in [0.4, 0.5) is 5.13 Å². The van der Waals surface area contributed by atoms with Gasteiger partial charge in [-0.3, -0.25) is 9.59 Å². The van der Waals surface area contributed by atoms with Crippen molar-refractivity contribution in [1.82, 2.24) is 9.88 Å². The molecule has 6 heteroatoms. The molecule has 0 atom stereocenters. The van der Waals surface area contributed by atoms with Crippen LogP contribution in [0.3, 0.4) is 0 Å². The van der Waals surface area contributed by atoms with E-state index in [0.29, 0.717) is 17.6 Å². The Labute approximate surface area is 146 Å². The summed E-state index contributed by atoms with van der Waals surface area (Å²) in [6.45, 7) is 1.43. The number of hydrogen-bond acceptors (Lipinski definition) is 4. The van der Waals surface area contributed by atoms with E-state index in [2.05, 4.69) is 10.3 Å². The van der Waals surface area contributed by atoms with Crippen molar-refractivity contribution >= 4 is 28.3 Å². The van der Waals surface area contributed by atoms with Gasteiger partial charge in [-0.2, -0.15) is 0 Å². The number of carbonyl (C=O) groups is 2. The standard InChI is InChI=1S/C18H25N3O2S/c22-16(12-7-4-8-12)20-18-19-14-9-10-21(11-15(14)24-18)17(23)13-5-2-1-3-6-13/h12-13H,1-11H2,(H,19,20,22). The minimum Gasteiger partial charge on any atom is -0.337 e. The molecule has 3 aliphatic rings. The predicted octanol–water partition coefficient (Wildman–Crippen LogP) is 3.35. The molecule has 0 spiro atoms. The van der Waals surface area contributed by atoms with Gasteiger partial charge in [-0.25, -0.2) is 4.98 Å². The van der Waals surface area contributed by atoms with Gasteiger partial charge in [-0.05, 0) is 25.7 Å². The van der Waals surface area contributed by atoms with Crippen molar-refractivity contribution in [3.05, 3.63) is 10.6 Å². The van der Waals surface area contributed by atoms with Crippen LogP contribution in [0.1, 0.15) is 61.9 Å². The molecule has 1 aromatic heterocycles. The van der Waals surface area contributed by atoms with Crippen molar-refractivity contribution in [1.29, 1.82) is 0 Å². The number of nitrogens with zero attached hydrogens (tertiary/aromatic N) is 2. The van der Waals surface area contributed by atoms with Crippen LogP contribution >= 0.6 is 11.3 Å². The number of rotatable bonds is 3. The highest BCUT2D eigenvalue weighted by Crippen LogP contribution is 2.33. The molecule has 1 N–H and O–H groups in total.